The first kappa shape index (κ1) is 21.3. The molecule has 0 saturated carbocycles. The van der Waals surface area contributed by atoms with Gasteiger partial charge in [0, 0.05) is 15.7 Å². The lowest BCUT2D eigenvalue weighted by Gasteiger charge is -2.04. The van der Waals surface area contributed by atoms with Gasteiger partial charge < -0.3 is 0 Å². The minimum atomic E-state index is -2.49. The van der Waals surface area contributed by atoms with Gasteiger partial charge in [0.2, 0.25) is 0 Å². The summed E-state index contributed by atoms with van der Waals surface area (Å²) in [5, 5.41) is 0. The van der Waals surface area contributed by atoms with E-state index >= 15 is 0 Å². The maximum absolute atomic E-state index is 13.0. The van der Waals surface area contributed by atoms with E-state index < -0.39 is 8.25 Å². The summed E-state index contributed by atoms with van der Waals surface area (Å²) in [5.74, 6) is 0.954. The van der Waals surface area contributed by atoms with E-state index in [1.54, 1.807) is 0 Å². The molecule has 0 aliphatic heterocycles. The molecule has 0 unspecified atom stereocenters. The Balaban J connectivity index is 1.62. The Kier molecular flexibility index (Phi) is 7.25. The lowest BCUT2D eigenvalue weighted by atomic mass is 10.1. The molecule has 0 radical (unpaired) electrons. The largest absolute Gasteiger partial charge is 0.805 e. The third-order valence-corrected chi connectivity index (χ3v) is 5.35. The van der Waals surface area contributed by atoms with Crippen molar-refractivity contribution >= 4 is 31.9 Å². The van der Waals surface area contributed by atoms with Gasteiger partial charge in [-0.1, -0.05) is 121 Å². The van der Waals surface area contributed by atoms with Crippen molar-refractivity contribution in [3.63, 3.8) is 0 Å². The number of rotatable bonds is 8. The fraction of sp³-hybridized carbons (Fsp3) is 0. The molecule has 4 heteroatoms. The van der Waals surface area contributed by atoms with Crippen molar-refractivity contribution in [2.24, 2.45) is 0 Å². The minimum absolute atomic E-state index is 0.477. The molecule has 3 nitrogen and oxygen atoms in total. The molecule has 0 aromatic heterocycles. The number of benzene rings is 4. The van der Waals surface area contributed by atoms with Crippen LogP contribution >= 0.6 is 8.25 Å². The van der Waals surface area contributed by atoms with Crippen molar-refractivity contribution < 1.29 is 13.6 Å². The fourth-order valence-corrected chi connectivity index (χ4v) is 3.78. The monoisotopic (exact) mass is 437 g/mol. The van der Waals surface area contributed by atoms with Crippen molar-refractivity contribution in [1.29, 1.82) is 0 Å². The molecule has 4 rings (SSSR count). The predicted molar refractivity (Wildman–Crippen MR) is 131 cm³/mol. The lowest BCUT2D eigenvalue weighted by Crippen LogP contribution is -1.90. The number of hydrogen-bond donors (Lipinski definition) is 0. The van der Waals surface area contributed by atoms with Crippen LogP contribution in [0.5, 0.6) is 0 Å². The van der Waals surface area contributed by atoms with Crippen LogP contribution in [0.1, 0.15) is 22.3 Å². The summed E-state index contributed by atoms with van der Waals surface area (Å²) in [4.78, 5) is 0. The molecule has 0 amide bonds. The van der Waals surface area contributed by atoms with E-state index in [-0.39, 0.29) is 0 Å². The molecule has 0 atom stereocenters. The Hall–Kier alpha value is -3.94. The molecule has 0 N–H and O–H groups in total. The molecule has 0 saturated heterocycles. The summed E-state index contributed by atoms with van der Waals surface area (Å²) in [6.07, 6.45) is 3.71. The molecular formula is C28H22O3P+. The van der Waals surface area contributed by atoms with E-state index in [9.17, 15) is 4.57 Å². The Morgan fingerprint density at radius 1 is 0.500 bits per heavy atom. The second-order valence-electron chi connectivity index (χ2n) is 6.98. The second-order valence-corrected chi connectivity index (χ2v) is 7.79. The van der Waals surface area contributed by atoms with Crippen LogP contribution in [0.2, 0.25) is 0 Å². The molecule has 32 heavy (non-hydrogen) atoms. The zero-order chi connectivity index (χ0) is 22.0. The van der Waals surface area contributed by atoms with Gasteiger partial charge in [-0.15, -0.1) is 0 Å². The molecule has 0 spiro atoms. The maximum atomic E-state index is 13.0. The van der Waals surface area contributed by atoms with Gasteiger partial charge in [-0.05, 0) is 23.3 Å². The summed E-state index contributed by atoms with van der Waals surface area (Å²) in [6, 6.07) is 38.7. The highest BCUT2D eigenvalue weighted by Crippen LogP contribution is 2.39. The van der Waals surface area contributed by atoms with Crippen LogP contribution in [-0.4, -0.2) is 0 Å². The van der Waals surface area contributed by atoms with Gasteiger partial charge in [-0.3, -0.25) is 0 Å². The maximum Gasteiger partial charge on any atom is 0.805 e. The summed E-state index contributed by atoms with van der Waals surface area (Å²) < 4.78 is 24.7. The molecular weight excluding hydrogens is 415 g/mol. The molecule has 0 aliphatic carbocycles. The summed E-state index contributed by atoms with van der Waals surface area (Å²) in [5.41, 5.74) is 3.52. The molecule has 0 fully saturated rings. The third kappa shape index (κ3) is 6.04. The van der Waals surface area contributed by atoms with E-state index in [0.717, 1.165) is 22.3 Å². The quantitative estimate of drug-likeness (QED) is 0.159. The highest BCUT2D eigenvalue weighted by molar-refractivity contribution is 7.34. The van der Waals surface area contributed by atoms with Crippen molar-refractivity contribution in [3.8, 4) is 0 Å². The van der Waals surface area contributed by atoms with Gasteiger partial charge >= 0.3 is 8.25 Å². The fourth-order valence-electron chi connectivity index (χ4n) is 3.11. The molecule has 4 aromatic rings. The Morgan fingerprint density at radius 2 is 0.812 bits per heavy atom. The van der Waals surface area contributed by atoms with Gasteiger partial charge in [0.1, 0.15) is 0 Å². The van der Waals surface area contributed by atoms with Crippen molar-refractivity contribution in [2.45, 2.75) is 0 Å². The summed E-state index contributed by atoms with van der Waals surface area (Å²) in [7, 11) is -2.49. The van der Waals surface area contributed by atoms with Gasteiger partial charge in [0.05, 0.1) is 0 Å². The predicted octanol–water partition coefficient (Wildman–Crippen LogP) is 8.07. The normalized spacial score (nSPS) is 12.2. The first-order valence-corrected chi connectivity index (χ1v) is 11.3. The minimum Gasteiger partial charge on any atom is -0.222 e. The van der Waals surface area contributed by atoms with E-state index in [0.29, 0.717) is 11.5 Å². The summed E-state index contributed by atoms with van der Waals surface area (Å²) >= 11 is 0. The average Bonchev–Trinajstić information content (AvgIpc) is 2.86. The first-order valence-electron chi connectivity index (χ1n) is 10.3. The van der Waals surface area contributed by atoms with E-state index in [2.05, 4.69) is 0 Å². The van der Waals surface area contributed by atoms with Gasteiger partial charge in [-0.25, -0.2) is 9.05 Å². The highest BCUT2D eigenvalue weighted by Gasteiger charge is 2.28. The molecule has 4 aromatic carbocycles. The zero-order valence-corrected chi connectivity index (χ0v) is 18.3. The molecule has 0 heterocycles. The Labute approximate surface area is 189 Å². The highest BCUT2D eigenvalue weighted by atomic mass is 31.1. The van der Waals surface area contributed by atoms with Crippen LogP contribution in [-0.2, 0) is 13.6 Å². The third-order valence-electron chi connectivity index (χ3n) is 4.66. The van der Waals surface area contributed by atoms with Crippen LogP contribution in [0.4, 0.5) is 0 Å². The molecule has 156 valence electrons. The number of hydrogen-bond acceptors (Lipinski definition) is 3. The Morgan fingerprint density at radius 3 is 1.16 bits per heavy atom. The Bertz CT molecular complexity index is 1110. The van der Waals surface area contributed by atoms with Gasteiger partial charge in [0.15, 0.2) is 11.5 Å². The van der Waals surface area contributed by atoms with Crippen LogP contribution in [0.3, 0.4) is 0 Å². The SMILES string of the molecule is O=[P+](OC(=Cc1ccccc1)c1ccccc1)OC(=Cc1ccccc1)c1ccccc1. The topological polar surface area (TPSA) is 35.5 Å². The van der Waals surface area contributed by atoms with Crippen molar-refractivity contribution in [1.82, 2.24) is 0 Å². The van der Waals surface area contributed by atoms with Crippen LogP contribution in [0.15, 0.2) is 121 Å². The zero-order valence-electron chi connectivity index (χ0n) is 17.4. The van der Waals surface area contributed by atoms with E-state index in [1.165, 1.54) is 0 Å². The smallest absolute Gasteiger partial charge is 0.222 e. The molecule has 0 bridgehead atoms. The van der Waals surface area contributed by atoms with Crippen LogP contribution in [0.25, 0.3) is 23.7 Å². The van der Waals surface area contributed by atoms with E-state index in [4.69, 9.17) is 9.05 Å². The standard InChI is InChI=1S/C28H22O3P/c29-32(30-27(25-17-9-3-10-18-25)21-23-13-5-1-6-14-23)31-28(26-19-11-4-12-20-26)22-24-15-7-2-8-16-24/h1-22H/q+1. The van der Waals surface area contributed by atoms with E-state index in [1.807, 2.05) is 133 Å². The van der Waals surface area contributed by atoms with Crippen LogP contribution in [0, 0.1) is 0 Å². The van der Waals surface area contributed by atoms with Crippen molar-refractivity contribution in [2.75, 3.05) is 0 Å². The molecule has 0 aliphatic rings. The van der Waals surface area contributed by atoms with Gasteiger partial charge in [-0.2, -0.15) is 0 Å². The van der Waals surface area contributed by atoms with Gasteiger partial charge in [0.25, 0.3) is 0 Å². The van der Waals surface area contributed by atoms with Crippen LogP contribution < -0.4 is 0 Å². The summed E-state index contributed by atoms with van der Waals surface area (Å²) in [6.45, 7) is 0. The first-order chi connectivity index (χ1) is 15.8. The second kappa shape index (κ2) is 10.9. The van der Waals surface area contributed by atoms with Crippen molar-refractivity contribution in [3.05, 3.63) is 144 Å². The average molecular weight is 437 g/mol. The lowest BCUT2D eigenvalue weighted by molar-refractivity contribution is 0.384.